The van der Waals surface area contributed by atoms with Crippen molar-refractivity contribution < 1.29 is 4.79 Å². The minimum atomic E-state index is -0.0304. The highest BCUT2D eigenvalue weighted by atomic mass is 35.5. The molecular formula is C12H17ClN2O. The van der Waals surface area contributed by atoms with E-state index in [0.717, 1.165) is 11.3 Å². The molecule has 1 aromatic rings. The molecule has 1 amide bonds. The Morgan fingerprint density at radius 2 is 2.25 bits per heavy atom. The van der Waals surface area contributed by atoms with E-state index in [1.54, 1.807) is 6.07 Å². The van der Waals surface area contributed by atoms with Crippen LogP contribution in [0, 0.1) is 6.92 Å². The quantitative estimate of drug-likeness (QED) is 0.850. The standard InChI is InChI=1S/C12H17ClN2O/c1-8-3-5-10(7-11(8)13)15-12(16)6-4-9(2)14/h3,5,7,9H,4,6,14H2,1-2H3,(H,15,16). The van der Waals surface area contributed by atoms with Crippen molar-refractivity contribution in [3.63, 3.8) is 0 Å². The Kier molecular flexibility index (Phi) is 4.77. The molecule has 3 N–H and O–H groups in total. The SMILES string of the molecule is Cc1ccc(NC(=O)CCC(C)N)cc1Cl. The summed E-state index contributed by atoms with van der Waals surface area (Å²) in [5.74, 6) is -0.0304. The number of carbonyl (C=O) groups is 1. The maximum atomic E-state index is 11.5. The van der Waals surface area contributed by atoms with Gasteiger partial charge in [0.05, 0.1) is 0 Å². The zero-order chi connectivity index (χ0) is 12.1. The maximum absolute atomic E-state index is 11.5. The second-order valence-corrected chi connectivity index (χ2v) is 4.44. The summed E-state index contributed by atoms with van der Waals surface area (Å²) in [6.07, 6.45) is 1.12. The van der Waals surface area contributed by atoms with Gasteiger partial charge in [0.1, 0.15) is 0 Å². The van der Waals surface area contributed by atoms with E-state index in [-0.39, 0.29) is 11.9 Å². The van der Waals surface area contributed by atoms with Crippen LogP contribution in [0.25, 0.3) is 0 Å². The van der Waals surface area contributed by atoms with Crippen LogP contribution in [0.2, 0.25) is 5.02 Å². The van der Waals surface area contributed by atoms with Crippen LogP contribution in [0.3, 0.4) is 0 Å². The third-order valence-electron chi connectivity index (χ3n) is 2.28. The first kappa shape index (κ1) is 13.0. The Morgan fingerprint density at radius 3 is 2.81 bits per heavy atom. The third-order valence-corrected chi connectivity index (χ3v) is 2.69. The smallest absolute Gasteiger partial charge is 0.224 e. The lowest BCUT2D eigenvalue weighted by molar-refractivity contribution is -0.116. The molecule has 0 heterocycles. The number of amides is 1. The fourth-order valence-corrected chi connectivity index (χ4v) is 1.43. The molecule has 0 saturated heterocycles. The van der Waals surface area contributed by atoms with E-state index < -0.39 is 0 Å². The summed E-state index contributed by atoms with van der Waals surface area (Å²) >= 11 is 5.95. The summed E-state index contributed by atoms with van der Waals surface area (Å²) in [5.41, 5.74) is 7.30. The minimum Gasteiger partial charge on any atom is -0.328 e. The molecule has 88 valence electrons. The second kappa shape index (κ2) is 5.87. The zero-order valence-electron chi connectivity index (χ0n) is 9.59. The number of carbonyl (C=O) groups excluding carboxylic acids is 1. The van der Waals surface area contributed by atoms with E-state index >= 15 is 0 Å². The highest BCUT2D eigenvalue weighted by Gasteiger charge is 2.05. The van der Waals surface area contributed by atoms with Gasteiger partial charge in [-0.05, 0) is 38.0 Å². The number of aryl methyl sites for hydroxylation is 1. The molecule has 0 aliphatic rings. The highest BCUT2D eigenvalue weighted by molar-refractivity contribution is 6.31. The van der Waals surface area contributed by atoms with Gasteiger partial charge in [0.25, 0.3) is 0 Å². The van der Waals surface area contributed by atoms with Crippen molar-refractivity contribution in [2.75, 3.05) is 5.32 Å². The Hall–Kier alpha value is -1.06. The van der Waals surface area contributed by atoms with E-state index in [1.165, 1.54) is 0 Å². The molecule has 0 aliphatic heterocycles. The lowest BCUT2D eigenvalue weighted by Gasteiger charge is -2.08. The van der Waals surface area contributed by atoms with Crippen LogP contribution < -0.4 is 11.1 Å². The molecule has 1 rings (SSSR count). The molecule has 1 aromatic carbocycles. The summed E-state index contributed by atoms with van der Waals surface area (Å²) in [6, 6.07) is 5.52. The molecule has 0 aliphatic carbocycles. The second-order valence-electron chi connectivity index (χ2n) is 4.03. The summed E-state index contributed by atoms with van der Waals surface area (Å²) in [5, 5.41) is 3.44. The first-order chi connectivity index (χ1) is 7.49. The van der Waals surface area contributed by atoms with Crippen molar-refractivity contribution in [1.82, 2.24) is 0 Å². The Labute approximate surface area is 101 Å². The molecule has 0 bridgehead atoms. The fourth-order valence-electron chi connectivity index (χ4n) is 1.25. The van der Waals surface area contributed by atoms with Gasteiger partial charge in [-0.15, -0.1) is 0 Å². The average Bonchev–Trinajstić information content (AvgIpc) is 2.21. The molecule has 0 aromatic heterocycles. The predicted octanol–water partition coefficient (Wildman–Crippen LogP) is 2.71. The highest BCUT2D eigenvalue weighted by Crippen LogP contribution is 2.20. The number of nitrogens with one attached hydrogen (secondary N) is 1. The topological polar surface area (TPSA) is 55.1 Å². The monoisotopic (exact) mass is 240 g/mol. The van der Waals surface area contributed by atoms with Crippen molar-refractivity contribution >= 4 is 23.2 Å². The van der Waals surface area contributed by atoms with Gasteiger partial charge in [0.15, 0.2) is 0 Å². The van der Waals surface area contributed by atoms with Gasteiger partial charge in [-0.3, -0.25) is 4.79 Å². The number of halogens is 1. The van der Waals surface area contributed by atoms with Gasteiger partial charge >= 0.3 is 0 Å². The maximum Gasteiger partial charge on any atom is 0.224 e. The zero-order valence-corrected chi connectivity index (χ0v) is 10.3. The number of hydrogen-bond donors (Lipinski definition) is 2. The molecular weight excluding hydrogens is 224 g/mol. The van der Waals surface area contributed by atoms with Crippen molar-refractivity contribution in [2.45, 2.75) is 32.7 Å². The van der Waals surface area contributed by atoms with Crippen molar-refractivity contribution in [1.29, 1.82) is 0 Å². The average molecular weight is 241 g/mol. The number of anilines is 1. The minimum absolute atomic E-state index is 0.0304. The Bertz CT molecular complexity index is 377. The number of benzene rings is 1. The van der Waals surface area contributed by atoms with Crippen molar-refractivity contribution in [3.8, 4) is 0 Å². The van der Waals surface area contributed by atoms with Crippen molar-refractivity contribution in [2.24, 2.45) is 5.73 Å². The third kappa shape index (κ3) is 4.21. The van der Waals surface area contributed by atoms with Gasteiger partial charge in [-0.1, -0.05) is 17.7 Å². The van der Waals surface area contributed by atoms with E-state index in [0.29, 0.717) is 17.9 Å². The summed E-state index contributed by atoms with van der Waals surface area (Å²) in [4.78, 5) is 11.5. The predicted molar refractivity (Wildman–Crippen MR) is 67.7 cm³/mol. The normalized spacial score (nSPS) is 12.2. The number of nitrogens with two attached hydrogens (primary N) is 1. The molecule has 3 nitrogen and oxygen atoms in total. The van der Waals surface area contributed by atoms with E-state index in [1.807, 2.05) is 26.0 Å². The van der Waals surface area contributed by atoms with E-state index in [9.17, 15) is 4.79 Å². The molecule has 1 atom stereocenters. The van der Waals surface area contributed by atoms with Crippen LogP contribution in [0.4, 0.5) is 5.69 Å². The molecule has 0 spiro atoms. The first-order valence-corrected chi connectivity index (χ1v) is 5.68. The van der Waals surface area contributed by atoms with Gasteiger partial charge < -0.3 is 11.1 Å². The summed E-state index contributed by atoms with van der Waals surface area (Å²) < 4.78 is 0. The van der Waals surface area contributed by atoms with E-state index in [2.05, 4.69) is 5.32 Å². The summed E-state index contributed by atoms with van der Waals surface area (Å²) in [6.45, 7) is 3.81. The largest absolute Gasteiger partial charge is 0.328 e. The van der Waals surface area contributed by atoms with Crippen LogP contribution in [-0.2, 0) is 4.79 Å². The van der Waals surface area contributed by atoms with Crippen LogP contribution in [0.1, 0.15) is 25.3 Å². The molecule has 1 unspecified atom stereocenters. The lowest BCUT2D eigenvalue weighted by atomic mass is 10.2. The lowest BCUT2D eigenvalue weighted by Crippen LogP contribution is -2.19. The molecule has 0 saturated carbocycles. The molecule has 0 fully saturated rings. The Morgan fingerprint density at radius 1 is 1.56 bits per heavy atom. The molecule has 16 heavy (non-hydrogen) atoms. The fraction of sp³-hybridized carbons (Fsp3) is 0.417. The van der Waals surface area contributed by atoms with Crippen LogP contribution in [-0.4, -0.2) is 11.9 Å². The number of rotatable bonds is 4. The van der Waals surface area contributed by atoms with Crippen LogP contribution in [0.5, 0.6) is 0 Å². The number of hydrogen-bond acceptors (Lipinski definition) is 2. The van der Waals surface area contributed by atoms with Gasteiger partial charge in [0.2, 0.25) is 5.91 Å². The van der Waals surface area contributed by atoms with Gasteiger partial charge in [-0.2, -0.15) is 0 Å². The molecule has 0 radical (unpaired) electrons. The van der Waals surface area contributed by atoms with Crippen molar-refractivity contribution in [3.05, 3.63) is 28.8 Å². The van der Waals surface area contributed by atoms with E-state index in [4.69, 9.17) is 17.3 Å². The summed E-state index contributed by atoms with van der Waals surface area (Å²) in [7, 11) is 0. The Balaban J connectivity index is 2.53. The van der Waals surface area contributed by atoms with Crippen LogP contribution in [0.15, 0.2) is 18.2 Å². The molecule has 4 heteroatoms. The van der Waals surface area contributed by atoms with Gasteiger partial charge in [0, 0.05) is 23.2 Å². The first-order valence-electron chi connectivity index (χ1n) is 5.30. The van der Waals surface area contributed by atoms with Gasteiger partial charge in [-0.25, -0.2) is 0 Å². The van der Waals surface area contributed by atoms with Crippen LogP contribution >= 0.6 is 11.6 Å².